The van der Waals surface area contributed by atoms with Crippen molar-refractivity contribution in [2.75, 3.05) is 9.03 Å². The number of hydrogen-bond donors (Lipinski definition) is 1. The van der Waals surface area contributed by atoms with E-state index in [-0.39, 0.29) is 27.3 Å². The third kappa shape index (κ3) is 4.26. The minimum absolute atomic E-state index is 0.00231. The van der Waals surface area contributed by atoms with Gasteiger partial charge in [0.05, 0.1) is 15.5 Å². The summed E-state index contributed by atoms with van der Waals surface area (Å²) in [7, 11) is -8.92. The molecule has 0 unspecified atom stereocenters. The lowest BCUT2D eigenvalue weighted by Gasteiger charge is -2.25. The Morgan fingerprint density at radius 2 is 1.31 bits per heavy atom. The van der Waals surface area contributed by atoms with E-state index in [1.807, 2.05) is 0 Å². The summed E-state index contributed by atoms with van der Waals surface area (Å²) in [5.41, 5.74) is 1.02. The van der Waals surface area contributed by atoms with Gasteiger partial charge in [-0.1, -0.05) is 36.4 Å². The van der Waals surface area contributed by atoms with E-state index in [2.05, 4.69) is 5.32 Å². The number of carbonyl (C=O) groups excluding carboxylic acids is 1. The molecule has 9 heteroatoms. The maximum absolute atomic E-state index is 13.5. The fourth-order valence-electron chi connectivity index (χ4n) is 3.27. The van der Waals surface area contributed by atoms with Gasteiger partial charge in [-0.05, 0) is 67.8 Å². The van der Waals surface area contributed by atoms with Crippen molar-refractivity contribution >= 4 is 37.3 Å². The largest absolute Gasteiger partial charge is 0.326 e. The number of aryl methyl sites for hydroxylation is 1. The van der Waals surface area contributed by atoms with Gasteiger partial charge in [0.15, 0.2) is 0 Å². The minimum Gasteiger partial charge on any atom is -0.326 e. The van der Waals surface area contributed by atoms with Crippen molar-refractivity contribution in [2.24, 2.45) is 5.92 Å². The first-order valence-corrected chi connectivity index (χ1v) is 12.9. The second kappa shape index (κ2) is 8.40. The summed E-state index contributed by atoms with van der Waals surface area (Å²) >= 11 is 0. The molecule has 0 saturated heterocycles. The number of benzene rings is 3. The van der Waals surface area contributed by atoms with Crippen LogP contribution in [0.4, 0.5) is 11.4 Å². The molecule has 3 aromatic rings. The van der Waals surface area contributed by atoms with Gasteiger partial charge in [0.2, 0.25) is 5.91 Å². The van der Waals surface area contributed by atoms with E-state index in [9.17, 15) is 21.6 Å². The van der Waals surface area contributed by atoms with Crippen LogP contribution in [0.25, 0.3) is 0 Å². The highest BCUT2D eigenvalue weighted by atomic mass is 32.3. The molecule has 0 bridgehead atoms. The van der Waals surface area contributed by atoms with Gasteiger partial charge in [-0.25, -0.2) is 16.8 Å². The number of carbonyl (C=O) groups is 1. The smallest absolute Gasteiger partial charge is 0.277 e. The number of amides is 1. The van der Waals surface area contributed by atoms with Crippen LogP contribution in [0.5, 0.6) is 0 Å². The molecule has 1 N–H and O–H groups in total. The number of hydrogen-bond acceptors (Lipinski definition) is 5. The molecule has 0 radical (unpaired) electrons. The quantitative estimate of drug-likeness (QED) is 0.564. The number of anilines is 2. The predicted molar refractivity (Wildman–Crippen MR) is 122 cm³/mol. The topological polar surface area (TPSA) is 101 Å². The summed E-state index contributed by atoms with van der Waals surface area (Å²) in [5, 5.41) is 2.82. The first kappa shape index (κ1) is 22.0. The van der Waals surface area contributed by atoms with Crippen LogP contribution in [-0.4, -0.2) is 22.7 Å². The van der Waals surface area contributed by atoms with Gasteiger partial charge in [-0.3, -0.25) is 4.79 Å². The molecule has 3 aromatic carbocycles. The zero-order valence-corrected chi connectivity index (χ0v) is 18.9. The number of sulfonamides is 2. The second-order valence-electron chi connectivity index (χ2n) is 7.60. The van der Waals surface area contributed by atoms with E-state index >= 15 is 0 Å². The van der Waals surface area contributed by atoms with Crippen LogP contribution in [-0.2, 0) is 24.8 Å². The van der Waals surface area contributed by atoms with E-state index in [0.717, 1.165) is 12.8 Å². The van der Waals surface area contributed by atoms with Crippen molar-refractivity contribution in [3.63, 3.8) is 0 Å². The van der Waals surface area contributed by atoms with Gasteiger partial charge in [0, 0.05) is 11.6 Å². The molecular weight excluding hydrogens is 448 g/mol. The molecule has 0 atom stereocenters. The molecule has 0 spiro atoms. The van der Waals surface area contributed by atoms with E-state index in [1.54, 1.807) is 19.1 Å². The molecule has 0 aromatic heterocycles. The highest BCUT2D eigenvalue weighted by molar-refractivity contribution is 8.10. The fourth-order valence-corrected chi connectivity index (χ4v) is 6.98. The Kier molecular flexibility index (Phi) is 5.79. The van der Waals surface area contributed by atoms with Crippen molar-refractivity contribution in [1.82, 2.24) is 0 Å². The molecule has 1 saturated carbocycles. The van der Waals surface area contributed by atoms with Crippen molar-refractivity contribution in [1.29, 1.82) is 0 Å². The van der Waals surface area contributed by atoms with Crippen molar-refractivity contribution in [2.45, 2.75) is 29.6 Å². The molecule has 0 heterocycles. The monoisotopic (exact) mass is 470 g/mol. The van der Waals surface area contributed by atoms with Crippen molar-refractivity contribution in [3.8, 4) is 0 Å². The maximum Gasteiger partial charge on any atom is 0.277 e. The summed E-state index contributed by atoms with van der Waals surface area (Å²) in [6.07, 6.45) is 1.70. The zero-order valence-electron chi connectivity index (χ0n) is 17.3. The van der Waals surface area contributed by atoms with E-state index in [1.165, 1.54) is 66.7 Å². The fraction of sp³-hybridized carbons (Fsp3) is 0.174. The van der Waals surface area contributed by atoms with E-state index in [0.29, 0.717) is 15.0 Å². The van der Waals surface area contributed by atoms with Crippen LogP contribution in [0.1, 0.15) is 18.4 Å². The average molecular weight is 471 g/mol. The standard InChI is InChI=1S/C23H22N2O5S2/c1-17-16-19(14-15-22(17)24-23(26)18-12-13-18)25(31(27,28)20-8-4-2-5-9-20)32(29,30)21-10-6-3-7-11-21/h2-11,14-16,18H,12-13H2,1H3,(H,24,26). The molecular formula is C23H22N2O5S2. The molecule has 1 aliphatic rings. The number of nitrogens with zero attached hydrogens (tertiary/aromatic N) is 1. The van der Waals surface area contributed by atoms with Crippen LogP contribution < -0.4 is 9.03 Å². The van der Waals surface area contributed by atoms with Crippen LogP contribution >= 0.6 is 0 Å². The molecule has 166 valence electrons. The normalized spacial score (nSPS) is 14.0. The third-order valence-electron chi connectivity index (χ3n) is 5.15. The summed E-state index contributed by atoms with van der Waals surface area (Å²) in [6, 6.07) is 19.2. The van der Waals surface area contributed by atoms with Gasteiger partial charge >= 0.3 is 0 Å². The lowest BCUT2D eigenvalue weighted by molar-refractivity contribution is -0.117. The van der Waals surface area contributed by atoms with Gasteiger partial charge in [-0.15, -0.1) is 0 Å². The summed E-state index contributed by atoms with van der Waals surface area (Å²) in [5.74, 6) is -0.0889. The Morgan fingerprint density at radius 1 is 0.812 bits per heavy atom. The van der Waals surface area contributed by atoms with E-state index < -0.39 is 20.0 Å². The Balaban J connectivity index is 1.83. The van der Waals surface area contributed by atoms with Crippen LogP contribution in [0.3, 0.4) is 0 Å². The summed E-state index contributed by atoms with van der Waals surface area (Å²) in [4.78, 5) is 11.8. The first-order chi connectivity index (χ1) is 15.2. The van der Waals surface area contributed by atoms with Gasteiger partial charge < -0.3 is 5.32 Å². The number of rotatable bonds is 7. The van der Waals surface area contributed by atoms with Crippen LogP contribution in [0, 0.1) is 12.8 Å². The third-order valence-corrected chi connectivity index (χ3v) is 9.35. The van der Waals surface area contributed by atoms with Crippen LogP contribution in [0.2, 0.25) is 0 Å². The predicted octanol–water partition coefficient (Wildman–Crippen LogP) is 3.93. The van der Waals surface area contributed by atoms with Gasteiger partial charge in [0.25, 0.3) is 20.0 Å². The van der Waals surface area contributed by atoms with Crippen molar-refractivity contribution < 1.29 is 21.6 Å². The highest BCUT2D eigenvalue weighted by Crippen LogP contribution is 2.34. The Morgan fingerprint density at radius 3 is 1.75 bits per heavy atom. The van der Waals surface area contributed by atoms with Crippen molar-refractivity contribution in [3.05, 3.63) is 84.4 Å². The lowest BCUT2D eigenvalue weighted by Crippen LogP contribution is -2.37. The average Bonchev–Trinajstić information content (AvgIpc) is 3.62. The Bertz CT molecular complexity index is 1280. The Labute approximate surface area is 187 Å². The SMILES string of the molecule is Cc1cc(N(S(=O)(=O)c2ccccc2)S(=O)(=O)c2ccccc2)ccc1NC(=O)C1CC1. The molecule has 1 amide bonds. The lowest BCUT2D eigenvalue weighted by atomic mass is 10.1. The first-order valence-electron chi connectivity index (χ1n) is 10.0. The van der Waals surface area contributed by atoms with Crippen LogP contribution in [0.15, 0.2) is 88.7 Å². The molecule has 32 heavy (non-hydrogen) atoms. The minimum atomic E-state index is -4.46. The van der Waals surface area contributed by atoms with Gasteiger partial charge in [-0.2, -0.15) is 3.71 Å². The maximum atomic E-state index is 13.5. The van der Waals surface area contributed by atoms with Gasteiger partial charge in [0.1, 0.15) is 0 Å². The molecule has 1 fully saturated rings. The van der Waals surface area contributed by atoms with E-state index in [4.69, 9.17) is 0 Å². The summed E-state index contributed by atoms with van der Waals surface area (Å²) < 4.78 is 54.5. The molecule has 1 aliphatic carbocycles. The zero-order chi connectivity index (χ0) is 22.9. The summed E-state index contributed by atoms with van der Waals surface area (Å²) in [6.45, 7) is 1.69. The Hall–Kier alpha value is -3.17. The second-order valence-corrected chi connectivity index (χ2v) is 11.4. The highest BCUT2D eigenvalue weighted by Gasteiger charge is 2.37. The molecule has 4 rings (SSSR count). The molecule has 7 nitrogen and oxygen atoms in total. The number of nitrogens with one attached hydrogen (secondary N) is 1. The molecule has 0 aliphatic heterocycles.